The Morgan fingerprint density at radius 2 is 1.59 bits per heavy atom. The zero-order valence-electron chi connectivity index (χ0n) is 10.2. The molecule has 1 aromatic rings. The number of nitrogens with zero attached hydrogens (tertiary/aromatic N) is 1. The predicted molar refractivity (Wildman–Crippen MR) is 64.4 cm³/mol. The third-order valence-corrected chi connectivity index (χ3v) is 2.78. The molecule has 0 aliphatic heterocycles. The molecule has 0 heterocycles. The maximum Gasteiger partial charge on any atom is 0.141 e. The van der Waals surface area contributed by atoms with Crippen LogP contribution in [0.15, 0.2) is 24.3 Å². The van der Waals surface area contributed by atoms with E-state index in [1.54, 1.807) is 12.1 Å². The van der Waals surface area contributed by atoms with Crippen LogP contribution < -0.4 is 0 Å². The Hall–Kier alpha value is -1.95. The van der Waals surface area contributed by atoms with Crippen molar-refractivity contribution in [2.45, 2.75) is 26.7 Å². The summed E-state index contributed by atoms with van der Waals surface area (Å²) in [6, 6.07) is 9.39. The zero-order valence-corrected chi connectivity index (χ0v) is 10.2. The number of Topliss-reactive ketones (excluding diaryl/α,β-unsaturated/α-hetero) is 2. The average molecular weight is 229 g/mol. The summed E-state index contributed by atoms with van der Waals surface area (Å²) in [7, 11) is 0. The molecule has 1 unspecified atom stereocenters. The molecule has 0 spiro atoms. The van der Waals surface area contributed by atoms with Gasteiger partial charge in [-0.25, -0.2) is 0 Å². The van der Waals surface area contributed by atoms with Crippen molar-refractivity contribution in [3.63, 3.8) is 0 Å². The molecule has 0 fully saturated rings. The molecule has 0 radical (unpaired) electrons. The third-order valence-electron chi connectivity index (χ3n) is 2.78. The van der Waals surface area contributed by atoms with E-state index in [-0.39, 0.29) is 11.6 Å². The molecule has 0 bridgehead atoms. The summed E-state index contributed by atoms with van der Waals surface area (Å²) in [6.07, 6.45) is 0. The number of aryl methyl sites for hydroxylation is 1. The Kier molecular flexibility index (Phi) is 4.17. The highest BCUT2D eigenvalue weighted by atomic mass is 16.1. The Morgan fingerprint density at radius 1 is 1.12 bits per heavy atom. The molecule has 0 amide bonds. The molecule has 0 aliphatic carbocycles. The van der Waals surface area contributed by atoms with Crippen LogP contribution in [0.1, 0.15) is 30.9 Å². The summed E-state index contributed by atoms with van der Waals surface area (Å²) in [5.41, 5.74) is 1.79. The molecular formula is C14H15NO2. The third kappa shape index (κ3) is 3.01. The molecule has 0 aromatic heterocycles. The van der Waals surface area contributed by atoms with E-state index in [0.717, 1.165) is 5.56 Å². The molecule has 0 N–H and O–H groups in total. The van der Waals surface area contributed by atoms with Gasteiger partial charge in [0.2, 0.25) is 0 Å². The molecular weight excluding hydrogens is 214 g/mol. The van der Waals surface area contributed by atoms with Gasteiger partial charge in [0.25, 0.3) is 0 Å². The number of benzene rings is 1. The van der Waals surface area contributed by atoms with Crippen LogP contribution in [0.5, 0.6) is 0 Å². The molecule has 0 aliphatic rings. The van der Waals surface area contributed by atoms with Gasteiger partial charge < -0.3 is 0 Å². The van der Waals surface area contributed by atoms with E-state index in [2.05, 4.69) is 6.07 Å². The summed E-state index contributed by atoms with van der Waals surface area (Å²) >= 11 is 0. The lowest BCUT2D eigenvalue weighted by molar-refractivity contribution is -0.130. The highest BCUT2D eigenvalue weighted by Gasteiger charge is 2.30. The Labute approximate surface area is 101 Å². The van der Waals surface area contributed by atoms with Crippen molar-refractivity contribution in [2.75, 3.05) is 0 Å². The first-order chi connectivity index (χ1) is 7.97. The molecule has 0 saturated carbocycles. The van der Waals surface area contributed by atoms with E-state index in [4.69, 9.17) is 5.26 Å². The first-order valence-electron chi connectivity index (χ1n) is 5.44. The molecule has 3 heteroatoms. The molecule has 17 heavy (non-hydrogen) atoms. The number of rotatable bonds is 4. The molecule has 1 aromatic carbocycles. The Morgan fingerprint density at radius 3 is 1.94 bits per heavy atom. The van der Waals surface area contributed by atoms with Crippen molar-refractivity contribution in [2.24, 2.45) is 5.92 Å². The van der Waals surface area contributed by atoms with Gasteiger partial charge in [0.05, 0.1) is 17.9 Å². The van der Waals surface area contributed by atoms with Crippen LogP contribution in [0, 0.1) is 24.2 Å². The van der Waals surface area contributed by atoms with Crippen molar-refractivity contribution in [3.05, 3.63) is 35.4 Å². The maximum atomic E-state index is 11.5. The van der Waals surface area contributed by atoms with Crippen LogP contribution in [-0.4, -0.2) is 11.6 Å². The van der Waals surface area contributed by atoms with Gasteiger partial charge in [0.15, 0.2) is 0 Å². The van der Waals surface area contributed by atoms with Crippen LogP contribution >= 0.6 is 0 Å². The van der Waals surface area contributed by atoms with Crippen molar-refractivity contribution in [1.29, 1.82) is 5.26 Å². The minimum Gasteiger partial charge on any atom is -0.299 e. The number of carbonyl (C=O) groups excluding carboxylic acids is 2. The van der Waals surface area contributed by atoms with Crippen molar-refractivity contribution < 1.29 is 9.59 Å². The standard InChI is InChI=1S/C14H15NO2/c1-9-4-6-12(7-5-9)13(8-15)14(10(2)16)11(3)17/h4-7,13-14H,1-3H3. The van der Waals surface area contributed by atoms with Crippen molar-refractivity contribution in [1.82, 2.24) is 0 Å². The van der Waals surface area contributed by atoms with E-state index in [0.29, 0.717) is 5.56 Å². The van der Waals surface area contributed by atoms with Gasteiger partial charge >= 0.3 is 0 Å². The lowest BCUT2D eigenvalue weighted by atomic mass is 9.82. The van der Waals surface area contributed by atoms with Crippen LogP contribution in [0.2, 0.25) is 0 Å². The van der Waals surface area contributed by atoms with Gasteiger partial charge in [-0.15, -0.1) is 0 Å². The molecule has 88 valence electrons. The molecule has 3 nitrogen and oxygen atoms in total. The SMILES string of the molecule is CC(=O)C(C(C)=O)C(C#N)c1ccc(C)cc1. The average Bonchev–Trinajstić information content (AvgIpc) is 2.26. The highest BCUT2D eigenvalue weighted by Crippen LogP contribution is 2.26. The van der Waals surface area contributed by atoms with Gasteiger partial charge in [0, 0.05) is 0 Å². The second-order valence-corrected chi connectivity index (χ2v) is 4.22. The minimum atomic E-state index is -0.859. The van der Waals surface area contributed by atoms with E-state index >= 15 is 0 Å². The van der Waals surface area contributed by atoms with Crippen molar-refractivity contribution >= 4 is 11.6 Å². The quantitative estimate of drug-likeness (QED) is 0.745. The number of nitriles is 1. The first kappa shape index (κ1) is 13.1. The van der Waals surface area contributed by atoms with E-state index in [9.17, 15) is 9.59 Å². The van der Waals surface area contributed by atoms with Crippen LogP contribution in [-0.2, 0) is 9.59 Å². The number of carbonyl (C=O) groups is 2. The monoisotopic (exact) mass is 229 g/mol. The fraction of sp³-hybridized carbons (Fsp3) is 0.357. The smallest absolute Gasteiger partial charge is 0.141 e. The second-order valence-electron chi connectivity index (χ2n) is 4.22. The van der Waals surface area contributed by atoms with Gasteiger partial charge in [-0.1, -0.05) is 29.8 Å². The summed E-state index contributed by atoms with van der Waals surface area (Å²) in [4.78, 5) is 22.9. The van der Waals surface area contributed by atoms with Crippen LogP contribution in [0.3, 0.4) is 0 Å². The first-order valence-corrected chi connectivity index (χ1v) is 5.44. The van der Waals surface area contributed by atoms with E-state index < -0.39 is 11.8 Å². The lowest BCUT2D eigenvalue weighted by Gasteiger charge is -2.17. The Bertz CT molecular complexity index is 454. The van der Waals surface area contributed by atoms with Crippen LogP contribution in [0.25, 0.3) is 0 Å². The van der Waals surface area contributed by atoms with E-state index in [1.807, 2.05) is 19.1 Å². The summed E-state index contributed by atoms with van der Waals surface area (Å²) in [6.45, 7) is 4.65. The lowest BCUT2D eigenvalue weighted by Crippen LogP contribution is -2.26. The van der Waals surface area contributed by atoms with Gasteiger partial charge in [-0.3, -0.25) is 9.59 Å². The largest absolute Gasteiger partial charge is 0.299 e. The minimum absolute atomic E-state index is 0.260. The Balaban J connectivity index is 3.14. The fourth-order valence-electron chi connectivity index (χ4n) is 1.87. The van der Waals surface area contributed by atoms with Gasteiger partial charge in [-0.05, 0) is 26.3 Å². The van der Waals surface area contributed by atoms with Gasteiger partial charge in [0.1, 0.15) is 11.6 Å². The summed E-state index contributed by atoms with van der Waals surface area (Å²) in [5.74, 6) is -2.07. The summed E-state index contributed by atoms with van der Waals surface area (Å²) < 4.78 is 0. The van der Waals surface area contributed by atoms with E-state index in [1.165, 1.54) is 13.8 Å². The summed E-state index contributed by atoms with van der Waals surface area (Å²) in [5, 5.41) is 9.16. The highest BCUT2D eigenvalue weighted by molar-refractivity contribution is 6.01. The maximum absolute atomic E-state index is 11.5. The molecule has 0 saturated heterocycles. The topological polar surface area (TPSA) is 57.9 Å². The molecule has 1 atom stereocenters. The van der Waals surface area contributed by atoms with Gasteiger partial charge in [-0.2, -0.15) is 5.26 Å². The number of ketones is 2. The zero-order chi connectivity index (χ0) is 13.0. The number of hydrogen-bond donors (Lipinski definition) is 0. The number of hydrogen-bond acceptors (Lipinski definition) is 3. The fourth-order valence-corrected chi connectivity index (χ4v) is 1.87. The second kappa shape index (κ2) is 5.40. The van der Waals surface area contributed by atoms with Crippen molar-refractivity contribution in [3.8, 4) is 6.07 Å². The van der Waals surface area contributed by atoms with Crippen LogP contribution in [0.4, 0.5) is 0 Å². The normalized spacial score (nSPS) is 11.9. The molecule has 1 rings (SSSR count). The predicted octanol–water partition coefficient (Wildman–Crippen LogP) is 2.40.